The van der Waals surface area contributed by atoms with Gasteiger partial charge in [0.25, 0.3) is 5.91 Å². The van der Waals surface area contributed by atoms with Gasteiger partial charge in [0, 0.05) is 24.7 Å². The highest BCUT2D eigenvalue weighted by atomic mass is 79.9. The highest BCUT2D eigenvalue weighted by molar-refractivity contribution is 9.10. The van der Waals surface area contributed by atoms with Gasteiger partial charge in [-0.2, -0.15) is 0 Å². The van der Waals surface area contributed by atoms with Crippen LogP contribution in [0.4, 0.5) is 0 Å². The average Bonchev–Trinajstić information content (AvgIpc) is 2.46. The molecule has 2 rings (SSSR count). The number of carbonyl (C=O) groups excluding carboxylic acids is 1. The van der Waals surface area contributed by atoms with E-state index in [4.69, 9.17) is 16.3 Å². The van der Waals surface area contributed by atoms with Gasteiger partial charge in [-0.15, -0.1) is 0 Å². The van der Waals surface area contributed by atoms with E-state index in [9.17, 15) is 4.79 Å². The van der Waals surface area contributed by atoms with E-state index in [1.165, 1.54) is 4.90 Å². The van der Waals surface area contributed by atoms with Crippen LogP contribution in [0, 0.1) is 0 Å². The third-order valence-corrected chi connectivity index (χ3v) is 3.76. The molecule has 0 bridgehead atoms. The predicted octanol–water partition coefficient (Wildman–Crippen LogP) is 4.31. The molecule has 0 spiro atoms. The molecular weight excluding hydrogens is 354 g/mol. The summed E-state index contributed by atoms with van der Waals surface area (Å²) < 4.78 is 6.62. The fraction of sp³-hybridized carbons (Fsp3) is 0.188. The van der Waals surface area contributed by atoms with Gasteiger partial charge >= 0.3 is 0 Å². The van der Waals surface area contributed by atoms with Crippen molar-refractivity contribution < 1.29 is 9.53 Å². The lowest BCUT2D eigenvalue weighted by Crippen LogP contribution is -2.31. The summed E-state index contributed by atoms with van der Waals surface area (Å²) in [5, 5.41) is 0.601. The molecule has 21 heavy (non-hydrogen) atoms. The molecule has 0 fully saturated rings. The van der Waals surface area contributed by atoms with Crippen LogP contribution in [0.5, 0.6) is 5.75 Å². The van der Waals surface area contributed by atoms with Crippen molar-refractivity contribution in [1.82, 2.24) is 4.90 Å². The molecule has 1 amide bonds. The van der Waals surface area contributed by atoms with Crippen molar-refractivity contribution in [1.29, 1.82) is 0 Å². The number of ether oxygens (including phenoxy) is 1. The van der Waals surface area contributed by atoms with E-state index in [2.05, 4.69) is 15.9 Å². The molecule has 0 radical (unpaired) electrons. The van der Waals surface area contributed by atoms with Gasteiger partial charge in [-0.25, -0.2) is 0 Å². The van der Waals surface area contributed by atoms with Crippen molar-refractivity contribution in [2.24, 2.45) is 0 Å². The van der Waals surface area contributed by atoms with Gasteiger partial charge in [-0.3, -0.25) is 4.79 Å². The van der Waals surface area contributed by atoms with E-state index in [-0.39, 0.29) is 5.91 Å². The van der Waals surface area contributed by atoms with Crippen LogP contribution >= 0.6 is 27.5 Å². The Bertz CT molecular complexity index is 631. The Morgan fingerprint density at radius 2 is 1.86 bits per heavy atom. The van der Waals surface area contributed by atoms with E-state index in [1.807, 2.05) is 30.3 Å². The number of hydrogen-bond donors (Lipinski definition) is 0. The molecule has 1 atom stereocenters. The Hall–Kier alpha value is -1.52. The van der Waals surface area contributed by atoms with Crippen molar-refractivity contribution >= 4 is 33.4 Å². The second-order valence-corrected chi connectivity index (χ2v) is 6.01. The van der Waals surface area contributed by atoms with Crippen molar-refractivity contribution in [2.45, 2.75) is 6.10 Å². The number of rotatable bonds is 4. The molecule has 0 saturated heterocycles. The second-order valence-electron chi connectivity index (χ2n) is 4.72. The predicted molar refractivity (Wildman–Crippen MR) is 87.7 cm³/mol. The first-order chi connectivity index (χ1) is 9.99. The first-order valence-corrected chi connectivity index (χ1v) is 7.54. The van der Waals surface area contributed by atoms with Crippen molar-refractivity contribution in [2.75, 3.05) is 14.1 Å². The van der Waals surface area contributed by atoms with Gasteiger partial charge in [0.15, 0.2) is 0 Å². The van der Waals surface area contributed by atoms with Gasteiger partial charge in [-0.05, 0) is 34.1 Å². The summed E-state index contributed by atoms with van der Waals surface area (Å²) in [6.07, 6.45) is -0.696. The zero-order chi connectivity index (χ0) is 15.4. The number of carbonyl (C=O) groups is 1. The normalized spacial score (nSPS) is 11.8. The lowest BCUT2D eigenvalue weighted by atomic mass is 10.1. The summed E-state index contributed by atoms with van der Waals surface area (Å²) in [5.41, 5.74) is 0.804. The zero-order valence-electron chi connectivity index (χ0n) is 11.7. The Kier molecular flexibility index (Phi) is 5.26. The molecule has 0 aliphatic carbocycles. The molecule has 0 saturated carbocycles. The molecule has 0 N–H and O–H groups in total. The van der Waals surface area contributed by atoms with Crippen molar-refractivity contribution in [3.63, 3.8) is 0 Å². The summed E-state index contributed by atoms with van der Waals surface area (Å²) in [7, 11) is 3.41. The minimum absolute atomic E-state index is 0.122. The molecule has 110 valence electrons. The van der Waals surface area contributed by atoms with E-state index in [0.717, 1.165) is 5.56 Å². The number of likely N-dealkylation sites (N-methyl/N-ethyl adjacent to an activating group) is 1. The Labute approximate surface area is 137 Å². The van der Waals surface area contributed by atoms with Crippen molar-refractivity contribution in [3.8, 4) is 5.75 Å². The molecule has 0 aliphatic rings. The van der Waals surface area contributed by atoms with E-state index in [0.29, 0.717) is 15.2 Å². The number of hydrogen-bond acceptors (Lipinski definition) is 2. The summed E-state index contributed by atoms with van der Waals surface area (Å²) in [4.78, 5) is 13.9. The van der Waals surface area contributed by atoms with Gasteiger partial charge in [-0.1, -0.05) is 41.9 Å². The van der Waals surface area contributed by atoms with Crippen LogP contribution in [0.3, 0.4) is 0 Å². The zero-order valence-corrected chi connectivity index (χ0v) is 14.1. The average molecular weight is 369 g/mol. The number of halogens is 2. The van der Waals surface area contributed by atoms with Crippen LogP contribution in [-0.4, -0.2) is 24.9 Å². The van der Waals surface area contributed by atoms with E-state index >= 15 is 0 Å². The van der Waals surface area contributed by atoms with Gasteiger partial charge in [0.2, 0.25) is 6.10 Å². The highest BCUT2D eigenvalue weighted by Gasteiger charge is 2.24. The number of nitrogens with zero attached hydrogens (tertiary/aromatic N) is 1. The molecular formula is C16H15BrClNO2. The molecule has 2 aromatic rings. The first-order valence-electron chi connectivity index (χ1n) is 6.37. The monoisotopic (exact) mass is 367 g/mol. The Morgan fingerprint density at radius 3 is 2.43 bits per heavy atom. The number of benzene rings is 2. The lowest BCUT2D eigenvalue weighted by molar-refractivity contribution is -0.136. The van der Waals surface area contributed by atoms with Gasteiger partial charge < -0.3 is 9.64 Å². The smallest absolute Gasteiger partial charge is 0.267 e. The maximum absolute atomic E-state index is 12.4. The summed E-state index contributed by atoms with van der Waals surface area (Å²) in [6.45, 7) is 0. The van der Waals surface area contributed by atoms with Crippen LogP contribution in [0.25, 0.3) is 0 Å². The SMILES string of the molecule is CN(C)C(=O)[C@H](Oc1ccc(Cl)cc1Br)c1ccccc1. The van der Waals surface area contributed by atoms with Crippen LogP contribution in [0.15, 0.2) is 53.0 Å². The van der Waals surface area contributed by atoms with Crippen LogP contribution in [0.1, 0.15) is 11.7 Å². The molecule has 2 aromatic carbocycles. The van der Waals surface area contributed by atoms with Gasteiger partial charge in [0.1, 0.15) is 5.75 Å². The fourth-order valence-electron chi connectivity index (χ4n) is 1.82. The minimum Gasteiger partial charge on any atom is -0.475 e. The Balaban J connectivity index is 2.34. The van der Waals surface area contributed by atoms with Crippen molar-refractivity contribution in [3.05, 3.63) is 63.6 Å². The van der Waals surface area contributed by atoms with Crippen LogP contribution < -0.4 is 4.74 Å². The molecule has 5 heteroatoms. The quantitative estimate of drug-likeness (QED) is 0.805. The van der Waals surface area contributed by atoms with Gasteiger partial charge in [0.05, 0.1) is 4.47 Å². The minimum atomic E-state index is -0.696. The first kappa shape index (κ1) is 15.9. The second kappa shape index (κ2) is 6.96. The van der Waals surface area contributed by atoms with Crippen LogP contribution in [0.2, 0.25) is 5.02 Å². The summed E-state index contributed by atoms with van der Waals surface area (Å²) >= 11 is 9.32. The summed E-state index contributed by atoms with van der Waals surface area (Å²) in [5.74, 6) is 0.450. The maximum atomic E-state index is 12.4. The lowest BCUT2D eigenvalue weighted by Gasteiger charge is -2.22. The Morgan fingerprint density at radius 1 is 1.19 bits per heavy atom. The van der Waals surface area contributed by atoms with E-state index < -0.39 is 6.10 Å². The molecule has 0 aliphatic heterocycles. The number of amides is 1. The highest BCUT2D eigenvalue weighted by Crippen LogP contribution is 2.32. The third kappa shape index (κ3) is 3.99. The van der Waals surface area contributed by atoms with E-state index in [1.54, 1.807) is 32.3 Å². The molecule has 0 unspecified atom stereocenters. The maximum Gasteiger partial charge on any atom is 0.267 e. The standard InChI is InChI=1S/C16H15BrClNO2/c1-19(2)16(20)15(11-6-4-3-5-7-11)21-14-9-8-12(18)10-13(14)17/h3-10,15H,1-2H3/t15-/m1/s1. The topological polar surface area (TPSA) is 29.5 Å². The largest absolute Gasteiger partial charge is 0.475 e. The summed E-state index contributed by atoms with van der Waals surface area (Å²) in [6, 6.07) is 14.6. The van der Waals surface area contributed by atoms with Crippen LogP contribution in [-0.2, 0) is 4.79 Å². The third-order valence-electron chi connectivity index (χ3n) is 2.91. The fourth-order valence-corrected chi connectivity index (χ4v) is 2.60. The molecule has 3 nitrogen and oxygen atoms in total. The molecule has 0 aromatic heterocycles. The molecule has 0 heterocycles.